The molecule has 0 aliphatic carbocycles. The second kappa shape index (κ2) is 6.96. The third-order valence-corrected chi connectivity index (χ3v) is 2.91. The molecule has 0 aliphatic heterocycles. The van der Waals surface area contributed by atoms with E-state index in [0.29, 0.717) is 6.42 Å². The molecule has 5 heteroatoms. The highest BCUT2D eigenvalue weighted by Gasteiger charge is 2.13. The molecular weight excluding hydrogens is 233 g/mol. The maximum Gasteiger partial charge on any atom is 0.140 e. The molecule has 2 unspecified atom stereocenters. The minimum Gasteiger partial charge on any atom is -0.409 e. The van der Waals surface area contributed by atoms with Crippen molar-refractivity contribution in [2.45, 2.75) is 38.8 Å². The number of amidine groups is 1. The predicted octanol–water partition coefficient (Wildman–Crippen LogP) is 2.39. The normalized spacial score (nSPS) is 15.4. The first kappa shape index (κ1) is 14.4. The van der Waals surface area contributed by atoms with Gasteiger partial charge in [-0.3, -0.25) is 0 Å². The Morgan fingerprint density at radius 2 is 2.28 bits per heavy atom. The Morgan fingerprint density at radius 1 is 1.56 bits per heavy atom. The van der Waals surface area contributed by atoms with Gasteiger partial charge < -0.3 is 16.3 Å². The zero-order chi connectivity index (χ0) is 13.5. The minimum absolute atomic E-state index is 0.0112. The Hall–Kier alpha value is -1.62. The molecule has 1 aromatic carbocycles. The Morgan fingerprint density at radius 3 is 2.83 bits per heavy atom. The zero-order valence-corrected chi connectivity index (χ0v) is 10.7. The van der Waals surface area contributed by atoms with Gasteiger partial charge in [0.1, 0.15) is 11.7 Å². The molecule has 4 nitrogen and oxygen atoms in total. The molecule has 0 saturated carbocycles. The summed E-state index contributed by atoms with van der Waals surface area (Å²) in [4.78, 5) is 0. The lowest BCUT2D eigenvalue weighted by Gasteiger charge is -2.22. The molecule has 1 aromatic rings. The van der Waals surface area contributed by atoms with Crippen LogP contribution in [0.25, 0.3) is 0 Å². The Kier molecular flexibility index (Phi) is 5.58. The van der Waals surface area contributed by atoms with Crippen molar-refractivity contribution in [3.05, 3.63) is 35.6 Å². The molecule has 1 rings (SSSR count). The number of hydrogen-bond donors (Lipinski definition) is 3. The van der Waals surface area contributed by atoms with Crippen LogP contribution in [0, 0.1) is 5.82 Å². The molecule has 0 bridgehead atoms. The molecule has 0 radical (unpaired) electrons. The van der Waals surface area contributed by atoms with Crippen molar-refractivity contribution in [1.29, 1.82) is 0 Å². The van der Waals surface area contributed by atoms with E-state index >= 15 is 0 Å². The molecule has 0 fully saturated rings. The second-order valence-electron chi connectivity index (χ2n) is 4.34. The van der Waals surface area contributed by atoms with Gasteiger partial charge in [0.15, 0.2) is 0 Å². The van der Waals surface area contributed by atoms with Crippen LogP contribution in [-0.2, 0) is 0 Å². The summed E-state index contributed by atoms with van der Waals surface area (Å²) in [5, 5.41) is 14.9. The summed E-state index contributed by atoms with van der Waals surface area (Å²) in [7, 11) is 0. The van der Waals surface area contributed by atoms with Crippen molar-refractivity contribution in [2.24, 2.45) is 10.9 Å². The summed E-state index contributed by atoms with van der Waals surface area (Å²) in [6, 6.07) is 6.60. The highest BCUT2D eigenvalue weighted by molar-refractivity contribution is 5.80. The monoisotopic (exact) mass is 253 g/mol. The largest absolute Gasteiger partial charge is 0.409 e. The van der Waals surface area contributed by atoms with E-state index in [1.165, 1.54) is 12.1 Å². The average molecular weight is 253 g/mol. The van der Waals surface area contributed by atoms with Crippen LogP contribution >= 0.6 is 0 Å². The van der Waals surface area contributed by atoms with E-state index in [-0.39, 0.29) is 23.7 Å². The molecule has 4 N–H and O–H groups in total. The second-order valence-corrected chi connectivity index (χ2v) is 4.34. The molecule has 2 atom stereocenters. The summed E-state index contributed by atoms with van der Waals surface area (Å²) >= 11 is 0. The number of hydrogen-bond acceptors (Lipinski definition) is 3. The minimum atomic E-state index is -0.245. The van der Waals surface area contributed by atoms with Gasteiger partial charge in [-0.05, 0) is 31.0 Å². The summed E-state index contributed by atoms with van der Waals surface area (Å²) in [5.41, 5.74) is 6.37. The van der Waals surface area contributed by atoms with Crippen molar-refractivity contribution in [2.75, 3.05) is 0 Å². The Labute approximate surface area is 107 Å². The lowest BCUT2D eigenvalue weighted by Crippen LogP contribution is -2.35. The Balaban J connectivity index is 2.64. The average Bonchev–Trinajstić information content (AvgIpc) is 2.37. The van der Waals surface area contributed by atoms with E-state index in [4.69, 9.17) is 10.9 Å². The standard InChI is InChI=1S/C13H20FN3O/c1-3-12(8-13(15)17-18)16-9(2)10-5-4-6-11(14)7-10/h4-7,9,12,16,18H,3,8H2,1-2H3,(H2,15,17). The van der Waals surface area contributed by atoms with Gasteiger partial charge in [0.05, 0.1) is 0 Å². The van der Waals surface area contributed by atoms with Crippen LogP contribution in [0.15, 0.2) is 29.4 Å². The van der Waals surface area contributed by atoms with E-state index in [2.05, 4.69) is 10.5 Å². The third kappa shape index (κ3) is 4.33. The maximum atomic E-state index is 13.1. The number of benzene rings is 1. The van der Waals surface area contributed by atoms with Crippen LogP contribution in [0.4, 0.5) is 4.39 Å². The topological polar surface area (TPSA) is 70.6 Å². The smallest absolute Gasteiger partial charge is 0.140 e. The first-order valence-corrected chi connectivity index (χ1v) is 6.04. The fourth-order valence-electron chi connectivity index (χ4n) is 1.84. The zero-order valence-electron chi connectivity index (χ0n) is 10.7. The Bertz CT molecular complexity index is 409. The lowest BCUT2D eigenvalue weighted by molar-refractivity contribution is 0.315. The number of nitrogens with two attached hydrogens (primary N) is 1. The predicted molar refractivity (Wildman–Crippen MR) is 70.1 cm³/mol. The maximum absolute atomic E-state index is 13.1. The van der Waals surface area contributed by atoms with E-state index in [9.17, 15) is 4.39 Å². The number of nitrogens with zero attached hydrogens (tertiary/aromatic N) is 1. The van der Waals surface area contributed by atoms with Crippen LogP contribution in [0.1, 0.15) is 38.3 Å². The van der Waals surface area contributed by atoms with E-state index in [1.807, 2.05) is 19.9 Å². The van der Waals surface area contributed by atoms with Crippen molar-refractivity contribution in [3.8, 4) is 0 Å². The van der Waals surface area contributed by atoms with Gasteiger partial charge in [-0.25, -0.2) is 4.39 Å². The van der Waals surface area contributed by atoms with Crippen molar-refractivity contribution in [3.63, 3.8) is 0 Å². The third-order valence-electron chi connectivity index (χ3n) is 2.91. The van der Waals surface area contributed by atoms with Crippen LogP contribution in [0.3, 0.4) is 0 Å². The van der Waals surface area contributed by atoms with Crippen molar-refractivity contribution in [1.82, 2.24) is 5.32 Å². The van der Waals surface area contributed by atoms with Gasteiger partial charge in [-0.1, -0.05) is 24.2 Å². The number of halogens is 1. The summed E-state index contributed by atoms with van der Waals surface area (Å²) in [6.45, 7) is 3.98. The highest BCUT2D eigenvalue weighted by Crippen LogP contribution is 2.15. The van der Waals surface area contributed by atoms with Crippen molar-refractivity contribution >= 4 is 5.84 Å². The van der Waals surface area contributed by atoms with Gasteiger partial charge in [0.2, 0.25) is 0 Å². The van der Waals surface area contributed by atoms with Crippen LogP contribution < -0.4 is 11.1 Å². The first-order valence-electron chi connectivity index (χ1n) is 6.04. The molecule has 0 amide bonds. The van der Waals surface area contributed by atoms with Gasteiger partial charge >= 0.3 is 0 Å². The van der Waals surface area contributed by atoms with Gasteiger partial charge in [0.25, 0.3) is 0 Å². The van der Waals surface area contributed by atoms with E-state index in [0.717, 1.165) is 12.0 Å². The van der Waals surface area contributed by atoms with E-state index in [1.54, 1.807) is 6.07 Å². The molecule has 0 aromatic heterocycles. The number of nitrogens with one attached hydrogen (secondary N) is 1. The summed E-state index contributed by atoms with van der Waals surface area (Å²) < 4.78 is 13.1. The fourth-order valence-corrected chi connectivity index (χ4v) is 1.84. The van der Waals surface area contributed by atoms with Gasteiger partial charge in [0, 0.05) is 18.5 Å². The highest BCUT2D eigenvalue weighted by atomic mass is 19.1. The van der Waals surface area contributed by atoms with Crippen molar-refractivity contribution < 1.29 is 9.60 Å². The van der Waals surface area contributed by atoms with E-state index < -0.39 is 0 Å². The quantitative estimate of drug-likeness (QED) is 0.315. The molecular formula is C13H20FN3O. The lowest BCUT2D eigenvalue weighted by atomic mass is 10.0. The summed E-state index contributed by atoms with van der Waals surface area (Å²) in [6.07, 6.45) is 1.31. The molecule has 100 valence electrons. The van der Waals surface area contributed by atoms with Crippen LogP contribution in [0.5, 0.6) is 0 Å². The number of rotatable bonds is 6. The molecule has 0 spiro atoms. The summed E-state index contributed by atoms with van der Waals surface area (Å²) in [5.74, 6) is -0.0496. The van der Waals surface area contributed by atoms with Crippen LogP contribution in [0.2, 0.25) is 0 Å². The van der Waals surface area contributed by atoms with Gasteiger partial charge in [-0.2, -0.15) is 0 Å². The number of oxime groups is 1. The fraction of sp³-hybridized carbons (Fsp3) is 0.462. The van der Waals surface area contributed by atoms with Gasteiger partial charge in [-0.15, -0.1) is 0 Å². The first-order chi connectivity index (χ1) is 8.56. The molecule has 0 aliphatic rings. The molecule has 0 saturated heterocycles. The molecule has 18 heavy (non-hydrogen) atoms. The molecule has 0 heterocycles. The van der Waals surface area contributed by atoms with Crippen LogP contribution in [-0.4, -0.2) is 17.1 Å². The SMILES string of the molecule is CCC(CC(N)=NO)NC(C)c1cccc(F)c1.